The molecule has 2 radical (unpaired) electrons. The van der Waals surface area contributed by atoms with E-state index in [0.717, 1.165) is 9.52 Å². The lowest BCUT2D eigenvalue weighted by atomic mass is 9.98. The Hall–Kier alpha value is -0.823. The van der Waals surface area contributed by atoms with Gasteiger partial charge in [-0.15, -0.1) is 0 Å². The second kappa shape index (κ2) is 3.88. The summed E-state index contributed by atoms with van der Waals surface area (Å²) in [7, 11) is 0.936. The second-order valence-corrected chi connectivity index (χ2v) is 7.02. The lowest BCUT2D eigenvalue weighted by Gasteiger charge is -2.30. The van der Waals surface area contributed by atoms with Crippen molar-refractivity contribution < 1.29 is 0 Å². The van der Waals surface area contributed by atoms with Gasteiger partial charge in [0.2, 0.25) is 0 Å². The summed E-state index contributed by atoms with van der Waals surface area (Å²) in [4.78, 5) is 0. The van der Waals surface area contributed by atoms with Crippen LogP contribution >= 0.6 is 0 Å². The van der Waals surface area contributed by atoms with E-state index in [1.54, 1.807) is 11.1 Å². The van der Waals surface area contributed by atoms with Gasteiger partial charge >= 0.3 is 0 Å². The average Bonchev–Trinajstić information content (AvgIpc) is 2.80. The Balaban J connectivity index is 2.31. The molecule has 0 bridgehead atoms. The molecule has 0 aliphatic heterocycles. The molecule has 0 atom stereocenters. The minimum atomic E-state index is 0.303. The Labute approximate surface area is 102 Å². The number of hydrogen-bond donors (Lipinski definition) is 0. The SMILES string of the molecule is CC1=C(C)C(C)([Si]C2C=CC=C2)C(C)=C1C. The molecule has 0 saturated carbocycles. The van der Waals surface area contributed by atoms with Crippen LogP contribution in [0.2, 0.25) is 10.6 Å². The van der Waals surface area contributed by atoms with E-state index in [9.17, 15) is 0 Å². The first-order valence-electron chi connectivity index (χ1n) is 5.96. The highest BCUT2D eigenvalue weighted by atomic mass is 28.2. The minimum Gasteiger partial charge on any atom is -0.0808 e. The Morgan fingerprint density at radius 2 is 1.38 bits per heavy atom. The van der Waals surface area contributed by atoms with Crippen LogP contribution in [-0.4, -0.2) is 9.52 Å². The Morgan fingerprint density at radius 1 is 0.938 bits per heavy atom. The van der Waals surface area contributed by atoms with Gasteiger partial charge in [0.25, 0.3) is 0 Å². The van der Waals surface area contributed by atoms with Crippen molar-refractivity contribution in [1.82, 2.24) is 0 Å². The predicted molar refractivity (Wildman–Crippen MR) is 72.9 cm³/mol. The zero-order chi connectivity index (χ0) is 11.9. The largest absolute Gasteiger partial charge is 0.0808 e. The molecule has 2 aliphatic rings. The van der Waals surface area contributed by atoms with Crippen LogP contribution in [0.5, 0.6) is 0 Å². The van der Waals surface area contributed by atoms with Gasteiger partial charge in [0.05, 0.1) is 9.52 Å². The normalized spacial score (nSPS) is 24.1. The molecule has 0 aromatic rings. The van der Waals surface area contributed by atoms with Crippen molar-refractivity contribution in [3.8, 4) is 0 Å². The lowest BCUT2D eigenvalue weighted by molar-refractivity contribution is 0.820. The highest BCUT2D eigenvalue weighted by molar-refractivity contribution is 6.46. The molecule has 0 nitrogen and oxygen atoms in total. The van der Waals surface area contributed by atoms with Crippen LogP contribution in [0.3, 0.4) is 0 Å². The Bertz CT molecular complexity index is 396. The maximum Gasteiger partial charge on any atom is 0.0701 e. The van der Waals surface area contributed by atoms with Gasteiger partial charge in [-0.05, 0) is 44.4 Å². The van der Waals surface area contributed by atoms with Crippen LogP contribution < -0.4 is 0 Å². The van der Waals surface area contributed by atoms with E-state index in [-0.39, 0.29) is 0 Å². The van der Waals surface area contributed by atoms with Crippen LogP contribution in [0, 0.1) is 0 Å². The third kappa shape index (κ3) is 1.58. The van der Waals surface area contributed by atoms with Gasteiger partial charge in [0, 0.05) is 5.04 Å². The lowest BCUT2D eigenvalue weighted by Crippen LogP contribution is -2.20. The topological polar surface area (TPSA) is 0 Å². The van der Waals surface area contributed by atoms with E-state index in [0.29, 0.717) is 10.6 Å². The minimum absolute atomic E-state index is 0.303. The van der Waals surface area contributed by atoms with E-state index >= 15 is 0 Å². The maximum atomic E-state index is 2.41. The zero-order valence-corrected chi connectivity index (χ0v) is 11.9. The summed E-state index contributed by atoms with van der Waals surface area (Å²) in [6, 6.07) is 0. The van der Waals surface area contributed by atoms with E-state index in [1.165, 1.54) is 11.1 Å². The van der Waals surface area contributed by atoms with Gasteiger partial charge < -0.3 is 0 Å². The summed E-state index contributed by atoms with van der Waals surface area (Å²) in [5.74, 6) is 0. The molecular formula is C15H20Si. The quantitative estimate of drug-likeness (QED) is 0.612. The fourth-order valence-electron chi connectivity index (χ4n) is 2.67. The van der Waals surface area contributed by atoms with Gasteiger partial charge in [-0.1, -0.05) is 42.4 Å². The van der Waals surface area contributed by atoms with Crippen molar-refractivity contribution in [3.05, 3.63) is 46.6 Å². The van der Waals surface area contributed by atoms with Gasteiger partial charge in [0.1, 0.15) is 0 Å². The van der Waals surface area contributed by atoms with Crippen molar-refractivity contribution in [2.24, 2.45) is 0 Å². The van der Waals surface area contributed by atoms with Crippen LogP contribution in [0.4, 0.5) is 0 Å². The van der Waals surface area contributed by atoms with E-state index < -0.39 is 0 Å². The first-order valence-corrected chi connectivity index (χ1v) is 7.03. The molecule has 0 heterocycles. The molecule has 0 aromatic heterocycles. The summed E-state index contributed by atoms with van der Waals surface area (Å²) < 4.78 is 0. The maximum absolute atomic E-state index is 2.41. The third-order valence-corrected chi connectivity index (χ3v) is 6.44. The van der Waals surface area contributed by atoms with Crippen molar-refractivity contribution in [2.75, 3.05) is 0 Å². The first-order chi connectivity index (χ1) is 7.47. The smallest absolute Gasteiger partial charge is 0.0701 e. The summed E-state index contributed by atoms with van der Waals surface area (Å²) in [5, 5.41) is 0.303. The summed E-state index contributed by atoms with van der Waals surface area (Å²) in [6.45, 7) is 11.6. The highest BCUT2D eigenvalue weighted by Gasteiger charge is 2.37. The van der Waals surface area contributed by atoms with Crippen LogP contribution in [-0.2, 0) is 0 Å². The van der Waals surface area contributed by atoms with Gasteiger partial charge in [-0.2, -0.15) is 0 Å². The van der Waals surface area contributed by atoms with Crippen LogP contribution in [0.1, 0.15) is 34.6 Å². The summed E-state index contributed by atoms with van der Waals surface area (Å²) in [5.41, 5.74) is 6.83. The van der Waals surface area contributed by atoms with Gasteiger partial charge in [-0.25, -0.2) is 0 Å². The first kappa shape index (κ1) is 11.7. The third-order valence-electron chi connectivity index (χ3n) is 4.39. The standard InChI is InChI=1S/C15H20Si/c1-10-11(2)13(4)15(5,12(10)3)16-14-8-6-7-9-14/h6-9,14H,1-5H3. The molecule has 16 heavy (non-hydrogen) atoms. The molecular weight excluding hydrogens is 208 g/mol. The molecule has 0 unspecified atom stereocenters. The van der Waals surface area contributed by atoms with Crippen molar-refractivity contribution in [2.45, 2.75) is 45.2 Å². The molecule has 84 valence electrons. The summed E-state index contributed by atoms with van der Waals surface area (Å²) in [6.07, 6.45) is 9.00. The fourth-order valence-corrected chi connectivity index (χ4v) is 4.56. The molecule has 0 amide bonds. The van der Waals surface area contributed by atoms with Crippen molar-refractivity contribution >= 4 is 9.52 Å². The number of allylic oxidation sites excluding steroid dienone is 8. The molecule has 2 rings (SSSR count). The molecule has 2 aliphatic carbocycles. The van der Waals surface area contributed by atoms with Crippen molar-refractivity contribution in [3.63, 3.8) is 0 Å². The molecule has 1 heteroatoms. The molecule has 0 fully saturated rings. The molecule has 0 saturated heterocycles. The monoisotopic (exact) mass is 228 g/mol. The van der Waals surface area contributed by atoms with Gasteiger partial charge in [-0.3, -0.25) is 0 Å². The average molecular weight is 228 g/mol. The zero-order valence-electron chi connectivity index (χ0n) is 10.9. The van der Waals surface area contributed by atoms with E-state index in [4.69, 9.17) is 0 Å². The van der Waals surface area contributed by atoms with E-state index in [2.05, 4.69) is 58.9 Å². The second-order valence-electron chi connectivity index (χ2n) is 5.06. The predicted octanol–water partition coefficient (Wildman–Crippen LogP) is 4.47. The van der Waals surface area contributed by atoms with E-state index in [1.807, 2.05) is 0 Å². The molecule has 0 N–H and O–H groups in total. The van der Waals surface area contributed by atoms with Crippen LogP contribution in [0.15, 0.2) is 46.6 Å². The number of rotatable bonds is 2. The Kier molecular flexibility index (Phi) is 2.83. The highest BCUT2D eigenvalue weighted by Crippen LogP contribution is 2.53. The summed E-state index contributed by atoms with van der Waals surface area (Å²) >= 11 is 0. The molecule has 0 spiro atoms. The fraction of sp³-hybridized carbons (Fsp3) is 0.467. The Morgan fingerprint density at radius 3 is 1.81 bits per heavy atom. The van der Waals surface area contributed by atoms with Crippen molar-refractivity contribution in [1.29, 1.82) is 0 Å². The van der Waals surface area contributed by atoms with Gasteiger partial charge in [0.15, 0.2) is 0 Å². The van der Waals surface area contributed by atoms with Crippen LogP contribution in [0.25, 0.3) is 0 Å². The molecule has 0 aromatic carbocycles. The number of hydrogen-bond acceptors (Lipinski definition) is 0.